The van der Waals surface area contributed by atoms with Crippen molar-refractivity contribution < 1.29 is 18.7 Å². The number of benzene rings is 1. The lowest BCUT2D eigenvalue weighted by atomic mass is 10.2. The number of hydrogen-bond donors (Lipinski definition) is 1. The van der Waals surface area contributed by atoms with E-state index in [4.69, 9.17) is 4.42 Å². The Labute approximate surface area is 169 Å². The van der Waals surface area contributed by atoms with Crippen LogP contribution >= 0.6 is 11.8 Å². The van der Waals surface area contributed by atoms with Crippen LogP contribution < -0.4 is 10.2 Å². The van der Waals surface area contributed by atoms with Crippen LogP contribution in [0.2, 0.25) is 0 Å². The van der Waals surface area contributed by atoms with E-state index in [0.29, 0.717) is 24.1 Å². The van der Waals surface area contributed by atoms with E-state index in [1.165, 1.54) is 18.9 Å². The van der Waals surface area contributed by atoms with E-state index in [9.17, 15) is 9.59 Å². The smallest absolute Gasteiger partial charge is 0.305 e. The molecule has 2 aromatic rings. The standard InChI is InChI=1S/C19H26N4O4S/c1-4-23(5-2)15-10-8-14(9-11-15)18-21-22-19(27-18)28-13-16(24)20-12-6-7-17(25)26-3/h8-11H,4-7,12-13H2,1-3H3,(H,20,24). The molecular weight excluding hydrogens is 380 g/mol. The summed E-state index contributed by atoms with van der Waals surface area (Å²) in [6.45, 7) is 6.55. The molecule has 0 aliphatic heterocycles. The second-order valence-corrected chi connectivity index (χ2v) is 6.84. The number of methoxy groups -OCH3 is 1. The quantitative estimate of drug-likeness (QED) is 0.346. The van der Waals surface area contributed by atoms with Crippen molar-refractivity contribution in [2.45, 2.75) is 31.9 Å². The number of nitrogens with one attached hydrogen (secondary N) is 1. The number of ether oxygens (including phenoxy) is 1. The first kappa shape index (κ1) is 21.7. The van der Waals surface area contributed by atoms with E-state index in [2.05, 4.69) is 39.0 Å². The molecule has 1 heterocycles. The molecule has 0 aliphatic rings. The topological polar surface area (TPSA) is 97.6 Å². The van der Waals surface area contributed by atoms with Gasteiger partial charge in [-0.15, -0.1) is 10.2 Å². The second-order valence-electron chi connectivity index (χ2n) is 5.91. The van der Waals surface area contributed by atoms with Crippen molar-refractivity contribution in [1.29, 1.82) is 0 Å². The van der Waals surface area contributed by atoms with Crippen LogP contribution in [0.25, 0.3) is 11.5 Å². The number of hydrogen-bond acceptors (Lipinski definition) is 8. The molecule has 28 heavy (non-hydrogen) atoms. The molecule has 0 saturated heterocycles. The molecule has 1 amide bonds. The maximum Gasteiger partial charge on any atom is 0.305 e. The van der Waals surface area contributed by atoms with Gasteiger partial charge in [0.25, 0.3) is 5.22 Å². The summed E-state index contributed by atoms with van der Waals surface area (Å²) in [5.41, 5.74) is 1.98. The zero-order chi connectivity index (χ0) is 20.4. The van der Waals surface area contributed by atoms with Crippen molar-refractivity contribution in [3.8, 4) is 11.5 Å². The number of rotatable bonds is 11. The number of carbonyl (C=O) groups excluding carboxylic acids is 2. The summed E-state index contributed by atoms with van der Waals surface area (Å²) in [4.78, 5) is 25.1. The van der Waals surface area contributed by atoms with Crippen LogP contribution in [-0.4, -0.2) is 54.6 Å². The summed E-state index contributed by atoms with van der Waals surface area (Å²) in [6, 6.07) is 7.95. The van der Waals surface area contributed by atoms with Gasteiger partial charge in [-0.05, 0) is 44.5 Å². The molecule has 1 aromatic carbocycles. The zero-order valence-electron chi connectivity index (χ0n) is 16.4. The largest absolute Gasteiger partial charge is 0.469 e. The Bertz CT molecular complexity index is 760. The van der Waals surface area contributed by atoms with Crippen LogP contribution in [0.4, 0.5) is 5.69 Å². The average Bonchev–Trinajstić information content (AvgIpc) is 3.20. The van der Waals surface area contributed by atoms with E-state index in [0.717, 1.165) is 24.3 Å². The molecule has 1 aromatic heterocycles. The third-order valence-corrected chi connectivity index (χ3v) is 4.90. The SMILES string of the molecule is CCN(CC)c1ccc(-c2nnc(SCC(=O)NCCCC(=O)OC)o2)cc1. The van der Waals surface area contributed by atoms with Crippen LogP contribution in [0, 0.1) is 0 Å². The minimum absolute atomic E-state index is 0.154. The Hall–Kier alpha value is -2.55. The van der Waals surface area contributed by atoms with Gasteiger partial charge in [-0.25, -0.2) is 0 Å². The zero-order valence-corrected chi connectivity index (χ0v) is 17.3. The van der Waals surface area contributed by atoms with Crippen LogP contribution in [-0.2, 0) is 14.3 Å². The lowest BCUT2D eigenvalue weighted by Crippen LogP contribution is -2.26. The first-order chi connectivity index (χ1) is 13.6. The summed E-state index contributed by atoms with van der Waals surface area (Å²) >= 11 is 1.18. The van der Waals surface area contributed by atoms with E-state index in [1.807, 2.05) is 24.3 Å². The van der Waals surface area contributed by atoms with E-state index < -0.39 is 0 Å². The maximum absolute atomic E-state index is 11.8. The predicted octanol–water partition coefficient (Wildman–Crippen LogP) is 2.74. The van der Waals surface area contributed by atoms with E-state index >= 15 is 0 Å². The Morgan fingerprint density at radius 1 is 1.18 bits per heavy atom. The highest BCUT2D eigenvalue weighted by atomic mass is 32.2. The van der Waals surface area contributed by atoms with Crippen LogP contribution in [0.15, 0.2) is 33.9 Å². The highest BCUT2D eigenvalue weighted by Gasteiger charge is 2.12. The minimum Gasteiger partial charge on any atom is -0.469 e. The van der Waals surface area contributed by atoms with Gasteiger partial charge >= 0.3 is 5.97 Å². The Morgan fingerprint density at radius 2 is 1.89 bits per heavy atom. The summed E-state index contributed by atoms with van der Waals surface area (Å²) in [7, 11) is 1.34. The summed E-state index contributed by atoms with van der Waals surface area (Å²) in [6.07, 6.45) is 0.821. The monoisotopic (exact) mass is 406 g/mol. The summed E-state index contributed by atoms with van der Waals surface area (Å²) in [5.74, 6) is 0.151. The van der Waals surface area contributed by atoms with Crippen molar-refractivity contribution in [1.82, 2.24) is 15.5 Å². The van der Waals surface area contributed by atoms with Gasteiger partial charge in [-0.1, -0.05) is 11.8 Å². The Kier molecular flexibility index (Phi) is 8.80. The van der Waals surface area contributed by atoms with Gasteiger partial charge in [-0.3, -0.25) is 9.59 Å². The predicted molar refractivity (Wildman–Crippen MR) is 108 cm³/mol. The van der Waals surface area contributed by atoms with Crippen molar-refractivity contribution in [3.63, 3.8) is 0 Å². The number of aromatic nitrogens is 2. The van der Waals surface area contributed by atoms with Crippen molar-refractivity contribution >= 4 is 29.3 Å². The molecule has 2 rings (SSSR count). The normalized spacial score (nSPS) is 10.5. The van der Waals surface area contributed by atoms with Gasteiger partial charge in [0, 0.05) is 37.3 Å². The van der Waals surface area contributed by atoms with Gasteiger partial charge in [-0.2, -0.15) is 0 Å². The highest BCUT2D eigenvalue weighted by Crippen LogP contribution is 2.25. The number of thioether (sulfide) groups is 1. The molecule has 9 heteroatoms. The first-order valence-corrected chi connectivity index (χ1v) is 10.2. The molecule has 0 aliphatic carbocycles. The third kappa shape index (κ3) is 6.56. The molecule has 0 atom stereocenters. The molecule has 0 bridgehead atoms. The number of nitrogens with zero attached hydrogens (tertiary/aromatic N) is 3. The molecule has 0 unspecified atom stereocenters. The summed E-state index contributed by atoms with van der Waals surface area (Å²) < 4.78 is 10.2. The highest BCUT2D eigenvalue weighted by molar-refractivity contribution is 7.99. The molecule has 0 radical (unpaired) electrons. The number of anilines is 1. The number of amides is 1. The maximum atomic E-state index is 11.8. The van der Waals surface area contributed by atoms with Gasteiger partial charge in [0.15, 0.2) is 0 Å². The lowest BCUT2D eigenvalue weighted by Gasteiger charge is -2.20. The van der Waals surface area contributed by atoms with Gasteiger partial charge < -0.3 is 19.4 Å². The molecule has 1 N–H and O–H groups in total. The first-order valence-electron chi connectivity index (χ1n) is 9.22. The molecule has 152 valence electrons. The minimum atomic E-state index is -0.285. The average molecular weight is 407 g/mol. The second kappa shape index (κ2) is 11.3. The fourth-order valence-corrected chi connectivity index (χ4v) is 3.12. The van der Waals surface area contributed by atoms with Gasteiger partial charge in [0.1, 0.15) is 0 Å². The van der Waals surface area contributed by atoms with Crippen LogP contribution in [0.1, 0.15) is 26.7 Å². The fraction of sp³-hybridized carbons (Fsp3) is 0.474. The van der Waals surface area contributed by atoms with Crippen molar-refractivity contribution in [3.05, 3.63) is 24.3 Å². The van der Waals surface area contributed by atoms with E-state index in [-0.39, 0.29) is 24.1 Å². The molecule has 0 spiro atoms. The molecule has 8 nitrogen and oxygen atoms in total. The molecular formula is C19H26N4O4S. The van der Waals surface area contributed by atoms with Gasteiger partial charge in [0.2, 0.25) is 11.8 Å². The number of esters is 1. The number of carbonyl (C=O) groups is 2. The summed E-state index contributed by atoms with van der Waals surface area (Å²) in [5, 5.41) is 11.1. The Morgan fingerprint density at radius 3 is 2.54 bits per heavy atom. The van der Waals surface area contributed by atoms with Gasteiger partial charge in [0.05, 0.1) is 12.9 Å². The van der Waals surface area contributed by atoms with Crippen molar-refractivity contribution in [2.24, 2.45) is 0 Å². The van der Waals surface area contributed by atoms with Crippen LogP contribution in [0.3, 0.4) is 0 Å². The van der Waals surface area contributed by atoms with Crippen LogP contribution in [0.5, 0.6) is 0 Å². The van der Waals surface area contributed by atoms with E-state index in [1.54, 1.807) is 0 Å². The molecule has 0 saturated carbocycles. The Balaban J connectivity index is 1.80. The lowest BCUT2D eigenvalue weighted by molar-refractivity contribution is -0.140. The molecule has 0 fully saturated rings. The third-order valence-electron chi connectivity index (χ3n) is 4.08. The van der Waals surface area contributed by atoms with Crippen molar-refractivity contribution in [2.75, 3.05) is 37.4 Å². The fourth-order valence-electron chi connectivity index (χ4n) is 2.53.